The first-order valence-electron chi connectivity index (χ1n) is 6.02. The summed E-state index contributed by atoms with van der Waals surface area (Å²) >= 11 is 0. The molecular formula is C13H16N2O3. The lowest BCUT2D eigenvalue weighted by Crippen LogP contribution is -2.47. The van der Waals surface area contributed by atoms with Gasteiger partial charge in [-0.3, -0.25) is 0 Å². The highest BCUT2D eigenvalue weighted by atomic mass is 16.4. The summed E-state index contributed by atoms with van der Waals surface area (Å²) in [5.74, 6) is -0.919. The third-order valence-corrected chi connectivity index (χ3v) is 3.04. The fraction of sp³-hybridized carbons (Fsp3) is 0.385. The molecule has 1 aromatic carbocycles. The Kier molecular flexibility index (Phi) is 3.82. The van der Waals surface area contributed by atoms with E-state index < -0.39 is 5.97 Å². The summed E-state index contributed by atoms with van der Waals surface area (Å²) in [6.07, 6.45) is 1.72. The first kappa shape index (κ1) is 12.4. The zero-order valence-electron chi connectivity index (χ0n) is 10.1. The van der Waals surface area contributed by atoms with Crippen LogP contribution in [0.15, 0.2) is 24.3 Å². The highest BCUT2D eigenvalue weighted by molar-refractivity contribution is 5.87. The Morgan fingerprint density at radius 1 is 1.33 bits per heavy atom. The number of amides is 2. The van der Waals surface area contributed by atoms with Gasteiger partial charge in [0.25, 0.3) is 0 Å². The van der Waals surface area contributed by atoms with Crippen LogP contribution in [-0.4, -0.2) is 41.6 Å². The van der Waals surface area contributed by atoms with Gasteiger partial charge in [0, 0.05) is 19.6 Å². The van der Waals surface area contributed by atoms with E-state index in [9.17, 15) is 9.59 Å². The molecule has 0 aliphatic carbocycles. The van der Waals surface area contributed by atoms with Gasteiger partial charge in [0.2, 0.25) is 0 Å². The monoisotopic (exact) mass is 248 g/mol. The minimum atomic E-state index is -0.919. The number of nitrogens with zero attached hydrogens (tertiary/aromatic N) is 1. The van der Waals surface area contributed by atoms with Crippen LogP contribution in [0.5, 0.6) is 0 Å². The molecule has 1 heterocycles. The van der Waals surface area contributed by atoms with Crippen LogP contribution in [0.3, 0.4) is 0 Å². The molecule has 1 aliphatic rings. The lowest BCUT2D eigenvalue weighted by molar-refractivity contribution is 0.0697. The molecule has 5 nitrogen and oxygen atoms in total. The number of benzene rings is 1. The van der Waals surface area contributed by atoms with Crippen molar-refractivity contribution in [2.24, 2.45) is 0 Å². The number of carbonyl (C=O) groups is 2. The SMILES string of the molecule is O=C(O)c1ccc(CCN2CCCNC2=O)cc1. The summed E-state index contributed by atoms with van der Waals surface area (Å²) in [5, 5.41) is 11.6. The number of hydrogen-bond donors (Lipinski definition) is 2. The Bertz CT molecular complexity index is 442. The van der Waals surface area contributed by atoms with E-state index in [1.807, 2.05) is 0 Å². The molecule has 5 heteroatoms. The fourth-order valence-electron chi connectivity index (χ4n) is 1.97. The summed E-state index contributed by atoms with van der Waals surface area (Å²) in [6, 6.07) is 6.77. The summed E-state index contributed by atoms with van der Waals surface area (Å²) in [7, 11) is 0. The number of urea groups is 1. The van der Waals surface area contributed by atoms with E-state index in [4.69, 9.17) is 5.11 Å². The Hall–Kier alpha value is -2.04. The Morgan fingerprint density at radius 2 is 2.06 bits per heavy atom. The summed E-state index contributed by atoms with van der Waals surface area (Å²) in [6.45, 7) is 2.21. The molecule has 1 fully saturated rings. The van der Waals surface area contributed by atoms with Crippen molar-refractivity contribution in [3.8, 4) is 0 Å². The van der Waals surface area contributed by atoms with Crippen LogP contribution in [0.25, 0.3) is 0 Å². The van der Waals surface area contributed by atoms with E-state index in [0.717, 1.165) is 31.5 Å². The molecule has 0 saturated carbocycles. The van der Waals surface area contributed by atoms with Gasteiger partial charge in [0.15, 0.2) is 0 Å². The van der Waals surface area contributed by atoms with Crippen molar-refractivity contribution in [1.82, 2.24) is 10.2 Å². The maximum atomic E-state index is 11.5. The van der Waals surface area contributed by atoms with Crippen LogP contribution in [0.1, 0.15) is 22.3 Å². The zero-order chi connectivity index (χ0) is 13.0. The highest BCUT2D eigenvalue weighted by Gasteiger charge is 2.16. The smallest absolute Gasteiger partial charge is 0.335 e. The first-order valence-corrected chi connectivity index (χ1v) is 6.02. The summed E-state index contributed by atoms with van der Waals surface area (Å²) in [5.41, 5.74) is 1.33. The van der Waals surface area contributed by atoms with Crippen molar-refractivity contribution in [2.75, 3.05) is 19.6 Å². The summed E-state index contributed by atoms with van der Waals surface area (Å²) in [4.78, 5) is 24.0. The predicted molar refractivity (Wildman–Crippen MR) is 66.7 cm³/mol. The second-order valence-electron chi connectivity index (χ2n) is 4.32. The Labute approximate surface area is 105 Å². The van der Waals surface area contributed by atoms with Gasteiger partial charge in [-0.25, -0.2) is 9.59 Å². The van der Waals surface area contributed by atoms with Crippen LogP contribution < -0.4 is 5.32 Å². The van der Waals surface area contributed by atoms with E-state index in [-0.39, 0.29) is 11.6 Å². The minimum Gasteiger partial charge on any atom is -0.478 e. The van der Waals surface area contributed by atoms with E-state index in [2.05, 4.69) is 5.32 Å². The molecule has 18 heavy (non-hydrogen) atoms. The topological polar surface area (TPSA) is 69.6 Å². The number of aromatic carboxylic acids is 1. The number of carboxylic acid groups (broad SMARTS) is 1. The normalized spacial score (nSPS) is 15.3. The van der Waals surface area contributed by atoms with Crippen LogP contribution in [0.2, 0.25) is 0 Å². The molecule has 0 radical (unpaired) electrons. The van der Waals surface area contributed by atoms with Crippen molar-refractivity contribution < 1.29 is 14.7 Å². The standard InChI is InChI=1S/C13H16N2O3/c16-12(17)11-4-2-10(3-5-11)6-9-15-8-1-7-14-13(15)18/h2-5H,1,6-9H2,(H,14,18)(H,16,17). The maximum absolute atomic E-state index is 11.5. The molecule has 96 valence electrons. The van der Waals surface area contributed by atoms with Crippen LogP contribution in [0.4, 0.5) is 4.79 Å². The quantitative estimate of drug-likeness (QED) is 0.844. The third kappa shape index (κ3) is 3.00. The van der Waals surface area contributed by atoms with Crippen molar-refractivity contribution in [3.05, 3.63) is 35.4 Å². The lowest BCUT2D eigenvalue weighted by atomic mass is 10.1. The maximum Gasteiger partial charge on any atom is 0.335 e. The molecule has 2 amide bonds. The van der Waals surface area contributed by atoms with Gasteiger partial charge in [-0.05, 0) is 30.5 Å². The van der Waals surface area contributed by atoms with Crippen molar-refractivity contribution in [3.63, 3.8) is 0 Å². The van der Waals surface area contributed by atoms with Gasteiger partial charge >= 0.3 is 12.0 Å². The van der Waals surface area contributed by atoms with Crippen LogP contribution in [0, 0.1) is 0 Å². The number of rotatable bonds is 4. The second-order valence-corrected chi connectivity index (χ2v) is 4.32. The number of nitrogens with one attached hydrogen (secondary N) is 1. The molecule has 0 spiro atoms. The average molecular weight is 248 g/mol. The highest BCUT2D eigenvalue weighted by Crippen LogP contribution is 2.07. The van der Waals surface area contributed by atoms with Gasteiger partial charge in [0.05, 0.1) is 5.56 Å². The Morgan fingerprint density at radius 3 is 2.67 bits per heavy atom. The Balaban J connectivity index is 1.89. The van der Waals surface area contributed by atoms with Gasteiger partial charge < -0.3 is 15.3 Å². The molecule has 2 N–H and O–H groups in total. The van der Waals surface area contributed by atoms with Crippen LogP contribution in [-0.2, 0) is 6.42 Å². The first-order chi connectivity index (χ1) is 8.66. The molecule has 1 aliphatic heterocycles. The van der Waals surface area contributed by atoms with Crippen molar-refractivity contribution in [1.29, 1.82) is 0 Å². The van der Waals surface area contributed by atoms with Crippen LogP contribution >= 0.6 is 0 Å². The zero-order valence-corrected chi connectivity index (χ0v) is 10.1. The molecule has 0 bridgehead atoms. The average Bonchev–Trinajstić information content (AvgIpc) is 2.38. The lowest BCUT2D eigenvalue weighted by Gasteiger charge is -2.27. The fourth-order valence-corrected chi connectivity index (χ4v) is 1.97. The van der Waals surface area contributed by atoms with Crippen molar-refractivity contribution in [2.45, 2.75) is 12.8 Å². The number of hydrogen-bond acceptors (Lipinski definition) is 2. The van der Waals surface area contributed by atoms with Gasteiger partial charge in [0.1, 0.15) is 0 Å². The largest absolute Gasteiger partial charge is 0.478 e. The predicted octanol–water partition coefficient (Wildman–Crippen LogP) is 1.34. The van der Waals surface area contributed by atoms with E-state index in [1.165, 1.54) is 0 Å². The van der Waals surface area contributed by atoms with Gasteiger partial charge in [-0.1, -0.05) is 12.1 Å². The number of carbonyl (C=O) groups excluding carboxylic acids is 1. The molecule has 2 rings (SSSR count). The molecule has 0 unspecified atom stereocenters. The third-order valence-electron chi connectivity index (χ3n) is 3.04. The van der Waals surface area contributed by atoms with Crippen molar-refractivity contribution >= 4 is 12.0 Å². The van der Waals surface area contributed by atoms with Gasteiger partial charge in [-0.15, -0.1) is 0 Å². The molecule has 0 aromatic heterocycles. The second kappa shape index (κ2) is 5.53. The molecule has 1 aromatic rings. The van der Waals surface area contributed by atoms with Gasteiger partial charge in [-0.2, -0.15) is 0 Å². The minimum absolute atomic E-state index is 0.0107. The molecular weight excluding hydrogens is 232 g/mol. The van der Waals surface area contributed by atoms with E-state index in [0.29, 0.717) is 6.54 Å². The van der Waals surface area contributed by atoms with E-state index >= 15 is 0 Å². The number of carboxylic acids is 1. The van der Waals surface area contributed by atoms with E-state index in [1.54, 1.807) is 29.2 Å². The summed E-state index contributed by atoms with van der Waals surface area (Å²) < 4.78 is 0. The molecule has 1 saturated heterocycles. The molecule has 0 atom stereocenters.